The summed E-state index contributed by atoms with van der Waals surface area (Å²) in [6.45, 7) is 5.83. The molecule has 0 aliphatic carbocycles. The molecule has 1 amide bonds. The Morgan fingerprint density at radius 1 is 1.56 bits per heavy atom. The summed E-state index contributed by atoms with van der Waals surface area (Å²) in [5, 5.41) is 5.62. The molecule has 5 nitrogen and oxygen atoms in total. The van der Waals surface area contributed by atoms with Gasteiger partial charge in [0.2, 0.25) is 0 Å². The van der Waals surface area contributed by atoms with E-state index in [0.717, 1.165) is 31.8 Å². The summed E-state index contributed by atoms with van der Waals surface area (Å²) in [6, 6.07) is 0. The molecule has 1 fully saturated rings. The number of rotatable bonds is 4. The molecule has 2 rings (SSSR count). The van der Waals surface area contributed by atoms with Crippen molar-refractivity contribution in [2.24, 2.45) is 5.92 Å². The number of carbonyl (C=O) groups excluding carboxylic acids is 1. The van der Waals surface area contributed by atoms with E-state index in [1.807, 2.05) is 5.01 Å². The molecule has 2 heterocycles. The second-order valence-corrected chi connectivity index (χ2v) is 4.96. The molecular formula is C13H21N3O2. The van der Waals surface area contributed by atoms with Crippen molar-refractivity contribution in [1.82, 2.24) is 15.6 Å². The molecule has 1 aliphatic heterocycles. The summed E-state index contributed by atoms with van der Waals surface area (Å²) in [4.78, 5) is 11.9. The lowest BCUT2D eigenvalue weighted by atomic mass is 9.93. The number of hydrazine groups is 1. The number of piperidine rings is 1. The Morgan fingerprint density at radius 3 is 2.83 bits per heavy atom. The van der Waals surface area contributed by atoms with Crippen LogP contribution in [0.3, 0.4) is 0 Å². The monoisotopic (exact) mass is 251 g/mol. The van der Waals surface area contributed by atoms with E-state index in [2.05, 4.69) is 17.5 Å². The largest absolute Gasteiger partial charge is 0.361 e. The van der Waals surface area contributed by atoms with E-state index >= 15 is 0 Å². The van der Waals surface area contributed by atoms with Gasteiger partial charge in [-0.05, 0) is 25.7 Å². The second kappa shape index (κ2) is 6.00. The number of nitrogens with one attached hydrogen (secondary N) is 1. The van der Waals surface area contributed by atoms with Gasteiger partial charge < -0.3 is 4.52 Å². The molecule has 0 saturated carbocycles. The maximum atomic E-state index is 11.9. The van der Waals surface area contributed by atoms with Crippen LogP contribution in [0.5, 0.6) is 0 Å². The minimum absolute atomic E-state index is 0.123. The average molecular weight is 251 g/mol. The highest BCUT2D eigenvalue weighted by Gasteiger charge is 2.21. The number of hydrogen-bond acceptors (Lipinski definition) is 4. The zero-order valence-electron chi connectivity index (χ0n) is 11.1. The first-order valence-corrected chi connectivity index (χ1v) is 6.68. The lowest BCUT2D eigenvalue weighted by molar-refractivity contribution is 0.0695. The number of amides is 1. The highest BCUT2D eigenvalue weighted by Crippen LogP contribution is 2.20. The highest BCUT2D eigenvalue weighted by molar-refractivity contribution is 5.94. The van der Waals surface area contributed by atoms with Gasteiger partial charge in [-0.25, -0.2) is 5.01 Å². The SMILES string of the molecule is CCCC1CCN(NC(=O)c2cnoc2C)CC1. The van der Waals surface area contributed by atoms with Crippen LogP contribution in [0.1, 0.15) is 48.7 Å². The Morgan fingerprint density at radius 2 is 2.28 bits per heavy atom. The van der Waals surface area contributed by atoms with Crippen molar-refractivity contribution in [1.29, 1.82) is 0 Å². The third-order valence-electron chi connectivity index (χ3n) is 3.57. The summed E-state index contributed by atoms with van der Waals surface area (Å²) < 4.78 is 4.89. The van der Waals surface area contributed by atoms with Crippen molar-refractivity contribution < 1.29 is 9.32 Å². The second-order valence-electron chi connectivity index (χ2n) is 4.96. The molecule has 0 atom stereocenters. The minimum Gasteiger partial charge on any atom is -0.361 e. The van der Waals surface area contributed by atoms with Gasteiger partial charge in [0.15, 0.2) is 0 Å². The molecule has 1 aromatic rings. The van der Waals surface area contributed by atoms with Crippen molar-refractivity contribution in [3.63, 3.8) is 0 Å². The van der Waals surface area contributed by atoms with Crippen molar-refractivity contribution in [3.05, 3.63) is 17.5 Å². The molecule has 0 spiro atoms. The quantitative estimate of drug-likeness (QED) is 0.890. The van der Waals surface area contributed by atoms with Gasteiger partial charge in [-0.15, -0.1) is 0 Å². The van der Waals surface area contributed by atoms with Crippen molar-refractivity contribution in [2.45, 2.75) is 39.5 Å². The van der Waals surface area contributed by atoms with Crippen LogP contribution >= 0.6 is 0 Å². The van der Waals surface area contributed by atoms with Crippen molar-refractivity contribution in [2.75, 3.05) is 13.1 Å². The molecule has 5 heteroatoms. The van der Waals surface area contributed by atoms with Crippen molar-refractivity contribution >= 4 is 5.91 Å². The predicted molar refractivity (Wildman–Crippen MR) is 67.9 cm³/mol. The lowest BCUT2D eigenvalue weighted by Crippen LogP contribution is -2.46. The van der Waals surface area contributed by atoms with E-state index in [-0.39, 0.29) is 5.91 Å². The zero-order valence-corrected chi connectivity index (χ0v) is 11.1. The van der Waals surface area contributed by atoms with Crippen LogP contribution in [0.4, 0.5) is 0 Å². The predicted octanol–water partition coefficient (Wildman–Crippen LogP) is 2.14. The Kier molecular flexibility index (Phi) is 4.36. The molecule has 1 N–H and O–H groups in total. The smallest absolute Gasteiger partial charge is 0.270 e. The fourth-order valence-corrected chi connectivity index (χ4v) is 2.46. The fourth-order valence-electron chi connectivity index (χ4n) is 2.46. The van der Waals surface area contributed by atoms with Gasteiger partial charge in [0, 0.05) is 13.1 Å². The van der Waals surface area contributed by atoms with Gasteiger partial charge in [-0.3, -0.25) is 10.2 Å². The summed E-state index contributed by atoms with van der Waals surface area (Å²) in [5.41, 5.74) is 3.44. The first-order chi connectivity index (χ1) is 8.70. The van der Waals surface area contributed by atoms with E-state index in [1.165, 1.54) is 19.0 Å². The standard InChI is InChI=1S/C13H21N3O2/c1-3-4-11-5-7-16(8-6-11)15-13(17)12-9-14-18-10(12)2/h9,11H,3-8H2,1-2H3,(H,15,17). The Bertz CT molecular complexity index is 395. The Labute approximate surface area is 107 Å². The number of hydrogen-bond donors (Lipinski definition) is 1. The molecular weight excluding hydrogens is 230 g/mol. The number of carbonyl (C=O) groups is 1. The number of aryl methyl sites for hydroxylation is 1. The van der Waals surface area contributed by atoms with Crippen LogP contribution in [0.25, 0.3) is 0 Å². The van der Waals surface area contributed by atoms with Gasteiger partial charge >= 0.3 is 0 Å². The van der Waals surface area contributed by atoms with Crippen LogP contribution in [0, 0.1) is 12.8 Å². The maximum Gasteiger partial charge on any atom is 0.270 e. The van der Waals surface area contributed by atoms with Crippen molar-refractivity contribution in [3.8, 4) is 0 Å². The molecule has 0 bridgehead atoms. The van der Waals surface area contributed by atoms with E-state index < -0.39 is 0 Å². The first kappa shape index (κ1) is 13.1. The summed E-state index contributed by atoms with van der Waals surface area (Å²) in [6.07, 6.45) is 6.34. The topological polar surface area (TPSA) is 58.4 Å². The molecule has 1 aliphatic rings. The van der Waals surface area contributed by atoms with E-state index in [0.29, 0.717) is 11.3 Å². The molecule has 100 valence electrons. The molecule has 0 unspecified atom stereocenters. The summed E-state index contributed by atoms with van der Waals surface area (Å²) >= 11 is 0. The molecule has 1 saturated heterocycles. The summed E-state index contributed by atoms with van der Waals surface area (Å²) in [7, 11) is 0. The van der Waals surface area contributed by atoms with Gasteiger partial charge in [0.05, 0.1) is 6.20 Å². The Hall–Kier alpha value is -1.36. The normalized spacial score (nSPS) is 17.9. The van der Waals surface area contributed by atoms with Gasteiger partial charge in [0.1, 0.15) is 11.3 Å². The van der Waals surface area contributed by atoms with Crippen LogP contribution in [-0.2, 0) is 0 Å². The lowest BCUT2D eigenvalue weighted by Gasteiger charge is -2.31. The van der Waals surface area contributed by atoms with Gasteiger partial charge in [-0.2, -0.15) is 0 Å². The van der Waals surface area contributed by atoms with Gasteiger partial charge in [-0.1, -0.05) is 24.9 Å². The van der Waals surface area contributed by atoms with Crippen LogP contribution in [-0.4, -0.2) is 29.2 Å². The average Bonchev–Trinajstić information content (AvgIpc) is 2.78. The Balaban J connectivity index is 1.81. The third-order valence-corrected chi connectivity index (χ3v) is 3.57. The van der Waals surface area contributed by atoms with Crippen LogP contribution in [0.2, 0.25) is 0 Å². The number of nitrogens with zero attached hydrogens (tertiary/aromatic N) is 2. The van der Waals surface area contributed by atoms with E-state index in [9.17, 15) is 4.79 Å². The summed E-state index contributed by atoms with van der Waals surface area (Å²) in [5.74, 6) is 1.26. The molecule has 0 radical (unpaired) electrons. The maximum absolute atomic E-state index is 11.9. The zero-order chi connectivity index (χ0) is 13.0. The third kappa shape index (κ3) is 3.10. The molecule has 18 heavy (non-hydrogen) atoms. The highest BCUT2D eigenvalue weighted by atomic mass is 16.5. The van der Waals surface area contributed by atoms with Crippen LogP contribution < -0.4 is 5.43 Å². The fraction of sp³-hybridized carbons (Fsp3) is 0.692. The number of aromatic nitrogens is 1. The van der Waals surface area contributed by atoms with Gasteiger partial charge in [0.25, 0.3) is 5.91 Å². The van der Waals surface area contributed by atoms with E-state index in [1.54, 1.807) is 6.92 Å². The first-order valence-electron chi connectivity index (χ1n) is 6.68. The molecule has 0 aromatic carbocycles. The minimum atomic E-state index is -0.123. The van der Waals surface area contributed by atoms with Crippen LogP contribution in [0.15, 0.2) is 10.7 Å². The van der Waals surface area contributed by atoms with E-state index in [4.69, 9.17) is 4.52 Å². The molecule has 1 aromatic heterocycles.